The molecule has 3 aromatic carbocycles. The predicted octanol–water partition coefficient (Wildman–Crippen LogP) is 4.24. The van der Waals surface area contributed by atoms with E-state index in [0.29, 0.717) is 11.4 Å². The number of anilines is 1. The second-order valence-corrected chi connectivity index (χ2v) is 12.2. The molecule has 0 aliphatic carbocycles. The van der Waals surface area contributed by atoms with Gasteiger partial charge in [-0.25, -0.2) is 8.42 Å². The Labute approximate surface area is 238 Å². The zero-order valence-corrected chi connectivity index (χ0v) is 24.9. The fraction of sp³-hybridized carbons (Fsp3) is 0.355. The van der Waals surface area contributed by atoms with Gasteiger partial charge in [-0.3, -0.25) is 13.9 Å². The summed E-state index contributed by atoms with van der Waals surface area (Å²) in [7, 11) is -2.27. The van der Waals surface area contributed by atoms with Gasteiger partial charge in [-0.1, -0.05) is 60.7 Å². The average molecular weight is 566 g/mol. The van der Waals surface area contributed by atoms with E-state index in [1.165, 1.54) is 4.90 Å². The number of nitrogens with zero attached hydrogens (tertiary/aromatic N) is 2. The molecule has 214 valence electrons. The van der Waals surface area contributed by atoms with Gasteiger partial charge in [0.25, 0.3) is 0 Å². The van der Waals surface area contributed by atoms with E-state index in [1.807, 2.05) is 88.4 Å². The largest absolute Gasteiger partial charge is 0.497 e. The molecule has 0 saturated carbocycles. The van der Waals surface area contributed by atoms with Crippen molar-refractivity contribution in [2.24, 2.45) is 0 Å². The molecular weight excluding hydrogens is 526 g/mol. The van der Waals surface area contributed by atoms with Gasteiger partial charge < -0.3 is 15.0 Å². The Morgan fingerprint density at radius 3 is 2.08 bits per heavy atom. The molecule has 0 bridgehead atoms. The Hall–Kier alpha value is -3.85. The van der Waals surface area contributed by atoms with Crippen LogP contribution >= 0.6 is 0 Å². The molecule has 0 saturated heterocycles. The van der Waals surface area contributed by atoms with Crippen LogP contribution in [0, 0.1) is 13.8 Å². The molecule has 40 heavy (non-hydrogen) atoms. The maximum atomic E-state index is 14.2. The predicted molar refractivity (Wildman–Crippen MR) is 159 cm³/mol. The third kappa shape index (κ3) is 8.08. The Kier molecular flexibility index (Phi) is 10.3. The Morgan fingerprint density at radius 2 is 1.50 bits per heavy atom. The van der Waals surface area contributed by atoms with Crippen LogP contribution in [0.15, 0.2) is 72.8 Å². The van der Waals surface area contributed by atoms with Gasteiger partial charge in [0.2, 0.25) is 21.8 Å². The van der Waals surface area contributed by atoms with Crippen molar-refractivity contribution in [3.05, 3.63) is 95.1 Å². The molecule has 0 aromatic heterocycles. The van der Waals surface area contributed by atoms with E-state index in [-0.39, 0.29) is 24.9 Å². The number of para-hydroxylation sites is 1. The quantitative estimate of drug-likeness (QED) is 0.354. The monoisotopic (exact) mass is 565 g/mol. The molecule has 3 aromatic rings. The summed E-state index contributed by atoms with van der Waals surface area (Å²) in [5.74, 6) is -0.187. The van der Waals surface area contributed by atoms with Gasteiger partial charge >= 0.3 is 0 Å². The molecule has 0 radical (unpaired) electrons. The molecule has 0 aliphatic rings. The van der Waals surface area contributed by atoms with E-state index in [1.54, 1.807) is 19.2 Å². The van der Waals surface area contributed by atoms with Crippen LogP contribution in [-0.4, -0.2) is 57.1 Å². The fourth-order valence-corrected chi connectivity index (χ4v) is 5.64. The number of nitrogens with one attached hydrogen (secondary N) is 1. The molecule has 1 N–H and O–H groups in total. The van der Waals surface area contributed by atoms with Gasteiger partial charge in [-0.05, 0) is 62.1 Å². The highest BCUT2D eigenvalue weighted by Gasteiger charge is 2.34. The van der Waals surface area contributed by atoms with E-state index >= 15 is 0 Å². The van der Waals surface area contributed by atoms with Crippen LogP contribution in [-0.2, 0) is 32.6 Å². The van der Waals surface area contributed by atoms with Crippen LogP contribution in [0.2, 0.25) is 0 Å². The smallest absolute Gasteiger partial charge is 0.244 e. The number of rotatable bonds is 12. The summed E-state index contributed by atoms with van der Waals surface area (Å²) in [5, 5.41) is 2.95. The molecule has 2 amide bonds. The van der Waals surface area contributed by atoms with Crippen molar-refractivity contribution >= 4 is 27.5 Å². The van der Waals surface area contributed by atoms with Crippen molar-refractivity contribution < 1.29 is 22.7 Å². The molecule has 9 heteroatoms. The van der Waals surface area contributed by atoms with Crippen molar-refractivity contribution in [3.8, 4) is 5.75 Å². The van der Waals surface area contributed by atoms with Gasteiger partial charge in [0.05, 0.1) is 19.1 Å². The maximum absolute atomic E-state index is 14.2. The van der Waals surface area contributed by atoms with Gasteiger partial charge in [0, 0.05) is 19.0 Å². The topological polar surface area (TPSA) is 96.0 Å². The molecule has 1 atom stereocenters. The zero-order chi connectivity index (χ0) is 29.4. The second-order valence-electron chi connectivity index (χ2n) is 10.3. The summed E-state index contributed by atoms with van der Waals surface area (Å²) in [6.07, 6.45) is 1.35. The van der Waals surface area contributed by atoms with Crippen molar-refractivity contribution in [1.82, 2.24) is 10.2 Å². The number of aryl methyl sites for hydroxylation is 2. The first-order valence-electron chi connectivity index (χ1n) is 13.2. The number of hydrogen-bond acceptors (Lipinski definition) is 5. The number of hydrogen-bond donors (Lipinski definition) is 1. The lowest BCUT2D eigenvalue weighted by molar-refractivity contribution is -0.140. The summed E-state index contributed by atoms with van der Waals surface area (Å²) >= 11 is 0. The van der Waals surface area contributed by atoms with Crippen molar-refractivity contribution in [3.63, 3.8) is 0 Å². The third-order valence-corrected chi connectivity index (χ3v) is 7.67. The van der Waals surface area contributed by atoms with Gasteiger partial charge in [-0.2, -0.15) is 0 Å². The number of carbonyl (C=O) groups is 2. The van der Waals surface area contributed by atoms with E-state index in [4.69, 9.17) is 4.74 Å². The third-order valence-electron chi connectivity index (χ3n) is 6.56. The van der Waals surface area contributed by atoms with Gasteiger partial charge in [0.1, 0.15) is 18.3 Å². The minimum Gasteiger partial charge on any atom is -0.497 e. The standard InChI is InChI=1S/C31H39N3O5S/c1-22(2)32-31(36)28(19-25-14-8-7-9-15-25)33(20-26-16-11-17-27(18-26)39-5)29(35)21-34(40(6,37)38)30-23(3)12-10-13-24(30)4/h7-18,22,28H,19-21H2,1-6H3,(H,32,36)/t28-/m1/s1. The first-order valence-corrected chi connectivity index (χ1v) is 15.1. The van der Waals surface area contributed by atoms with Crippen LogP contribution < -0.4 is 14.4 Å². The lowest BCUT2D eigenvalue weighted by Gasteiger charge is -2.34. The number of methoxy groups -OCH3 is 1. The zero-order valence-electron chi connectivity index (χ0n) is 24.0. The van der Waals surface area contributed by atoms with E-state index in [2.05, 4.69) is 5.32 Å². The Bertz CT molecular complexity index is 1400. The minimum atomic E-state index is -3.83. The van der Waals surface area contributed by atoms with Crippen LogP contribution in [0.4, 0.5) is 5.69 Å². The number of carbonyl (C=O) groups excluding carboxylic acids is 2. The highest BCUT2D eigenvalue weighted by Crippen LogP contribution is 2.27. The lowest BCUT2D eigenvalue weighted by atomic mass is 10.0. The highest BCUT2D eigenvalue weighted by atomic mass is 32.2. The van der Waals surface area contributed by atoms with E-state index in [0.717, 1.165) is 32.8 Å². The first kappa shape index (κ1) is 30.7. The molecule has 0 heterocycles. The van der Waals surface area contributed by atoms with E-state index in [9.17, 15) is 18.0 Å². The number of amides is 2. The summed E-state index contributed by atoms with van der Waals surface area (Å²) < 4.78 is 32.6. The molecule has 0 aliphatic heterocycles. The molecule has 0 spiro atoms. The summed E-state index contributed by atoms with van der Waals surface area (Å²) in [6, 6.07) is 21.2. The van der Waals surface area contributed by atoms with Crippen LogP contribution in [0.25, 0.3) is 0 Å². The SMILES string of the molecule is COc1cccc(CN(C(=O)CN(c2c(C)cccc2C)S(C)(=O)=O)[C@H](Cc2ccccc2)C(=O)NC(C)C)c1. The molecule has 8 nitrogen and oxygen atoms in total. The van der Waals surface area contributed by atoms with Crippen LogP contribution in [0.3, 0.4) is 0 Å². The number of benzene rings is 3. The number of sulfonamides is 1. The minimum absolute atomic E-state index is 0.0867. The summed E-state index contributed by atoms with van der Waals surface area (Å²) in [4.78, 5) is 29.3. The second kappa shape index (κ2) is 13.5. The van der Waals surface area contributed by atoms with Gasteiger partial charge in [-0.15, -0.1) is 0 Å². The van der Waals surface area contributed by atoms with Gasteiger partial charge in [0.15, 0.2) is 0 Å². The first-order chi connectivity index (χ1) is 18.9. The maximum Gasteiger partial charge on any atom is 0.244 e. The summed E-state index contributed by atoms with van der Waals surface area (Å²) in [5.41, 5.74) is 3.56. The lowest BCUT2D eigenvalue weighted by Crippen LogP contribution is -2.54. The molecule has 3 rings (SSSR count). The van der Waals surface area contributed by atoms with Crippen LogP contribution in [0.5, 0.6) is 5.75 Å². The van der Waals surface area contributed by atoms with Crippen LogP contribution in [0.1, 0.15) is 36.1 Å². The van der Waals surface area contributed by atoms with Crippen molar-refractivity contribution in [2.75, 3.05) is 24.2 Å². The normalized spacial score (nSPS) is 12.1. The summed E-state index contributed by atoms with van der Waals surface area (Å²) in [6.45, 7) is 6.98. The Morgan fingerprint density at radius 1 is 0.900 bits per heavy atom. The van der Waals surface area contributed by atoms with Crippen molar-refractivity contribution in [2.45, 2.75) is 52.7 Å². The fourth-order valence-electron chi connectivity index (χ4n) is 4.68. The van der Waals surface area contributed by atoms with Crippen molar-refractivity contribution in [1.29, 1.82) is 0 Å². The average Bonchev–Trinajstić information content (AvgIpc) is 2.89. The van der Waals surface area contributed by atoms with E-state index < -0.39 is 28.5 Å². The molecular formula is C31H39N3O5S. The highest BCUT2D eigenvalue weighted by molar-refractivity contribution is 7.92. The number of ether oxygens (including phenoxy) is 1. The molecule has 0 fully saturated rings. The Balaban J connectivity index is 2.10. The molecule has 0 unspecified atom stereocenters.